The molecule has 1 heterocycles. The van der Waals surface area contributed by atoms with E-state index in [2.05, 4.69) is 5.10 Å². The molecular weight excluding hydrogens is 292 g/mol. The summed E-state index contributed by atoms with van der Waals surface area (Å²) >= 11 is 0. The zero-order chi connectivity index (χ0) is 17.2. The Morgan fingerprint density at radius 3 is 2.70 bits per heavy atom. The normalized spacial score (nSPS) is 28.4. The first kappa shape index (κ1) is 15.5. The maximum absolute atomic E-state index is 12.6. The summed E-state index contributed by atoms with van der Waals surface area (Å²) in [5.74, 6) is -0.585. The first-order valence-electron chi connectivity index (χ1n) is 7.68. The molecule has 0 radical (unpaired) electrons. The fourth-order valence-corrected chi connectivity index (χ4v) is 4.53. The molecule has 0 aliphatic heterocycles. The van der Waals surface area contributed by atoms with Crippen LogP contribution in [0.15, 0.2) is 11.6 Å². The van der Waals surface area contributed by atoms with Gasteiger partial charge in [-0.3, -0.25) is 14.3 Å². The van der Waals surface area contributed by atoms with Gasteiger partial charge in [0.05, 0.1) is 11.3 Å². The monoisotopic (exact) mass is 312 g/mol. The molecule has 1 aromatic rings. The molecule has 2 N–H and O–H groups in total. The van der Waals surface area contributed by atoms with Crippen LogP contribution in [0.3, 0.4) is 0 Å². The van der Waals surface area contributed by atoms with Gasteiger partial charge in [0.1, 0.15) is 11.8 Å². The Labute approximate surface area is 135 Å². The number of nitrogens with zero attached hydrogens (tertiary/aromatic N) is 3. The van der Waals surface area contributed by atoms with Crippen molar-refractivity contribution >= 4 is 11.7 Å². The van der Waals surface area contributed by atoms with Crippen molar-refractivity contribution < 1.29 is 9.59 Å². The van der Waals surface area contributed by atoms with Crippen molar-refractivity contribution in [3.8, 4) is 6.07 Å². The third-order valence-corrected chi connectivity index (χ3v) is 5.56. The molecule has 1 aromatic heterocycles. The number of nitrogens with two attached hydrogens (primary N) is 1. The average Bonchev–Trinajstić information content (AvgIpc) is 2.80. The van der Waals surface area contributed by atoms with Crippen molar-refractivity contribution in [3.05, 3.63) is 28.6 Å². The topological polar surface area (TPSA) is 102 Å². The highest BCUT2D eigenvalue weighted by molar-refractivity contribution is 6.04. The van der Waals surface area contributed by atoms with E-state index in [1.807, 2.05) is 26.8 Å². The predicted octanol–water partition coefficient (Wildman–Crippen LogP) is 1.40. The number of rotatable bonds is 1. The Balaban J connectivity index is 2.31. The number of primary amides is 1. The maximum Gasteiger partial charge on any atom is 0.267 e. The van der Waals surface area contributed by atoms with Crippen LogP contribution in [-0.4, -0.2) is 21.5 Å². The van der Waals surface area contributed by atoms with Crippen LogP contribution in [0, 0.1) is 22.7 Å². The van der Waals surface area contributed by atoms with Crippen LogP contribution in [0.2, 0.25) is 0 Å². The minimum Gasteiger partial charge on any atom is -0.364 e. The molecular formula is C17H20N4O2. The molecule has 120 valence electrons. The third kappa shape index (κ3) is 1.83. The lowest BCUT2D eigenvalue weighted by Gasteiger charge is -2.49. The summed E-state index contributed by atoms with van der Waals surface area (Å²) in [5, 5.41) is 13.9. The molecule has 2 aliphatic rings. The SMILES string of the molecule is Cn1nc2c(c1C(N)=O)CC[C@H]1C(C)(C)C(=O)C(C#N)=C[C@]21C. The number of fused-ring (bicyclic) bond motifs is 3. The molecule has 0 fully saturated rings. The summed E-state index contributed by atoms with van der Waals surface area (Å²) in [6.07, 6.45) is 3.15. The summed E-state index contributed by atoms with van der Waals surface area (Å²) in [7, 11) is 1.70. The molecule has 0 saturated carbocycles. The van der Waals surface area contributed by atoms with Crippen LogP contribution in [0.25, 0.3) is 0 Å². The fraction of sp³-hybridized carbons (Fsp3) is 0.529. The van der Waals surface area contributed by atoms with Gasteiger partial charge in [-0.15, -0.1) is 0 Å². The highest BCUT2D eigenvalue weighted by Gasteiger charge is 2.55. The van der Waals surface area contributed by atoms with E-state index in [1.165, 1.54) is 4.68 Å². The van der Waals surface area contributed by atoms with Gasteiger partial charge in [-0.1, -0.05) is 26.8 Å². The Kier molecular flexibility index (Phi) is 3.06. The quantitative estimate of drug-likeness (QED) is 0.846. The number of allylic oxidation sites excluding steroid dienone is 2. The predicted molar refractivity (Wildman–Crippen MR) is 83.4 cm³/mol. The van der Waals surface area contributed by atoms with E-state index < -0.39 is 16.7 Å². The van der Waals surface area contributed by atoms with Crippen LogP contribution in [-0.2, 0) is 23.7 Å². The first-order valence-corrected chi connectivity index (χ1v) is 7.68. The minimum absolute atomic E-state index is 0.0303. The zero-order valence-corrected chi connectivity index (χ0v) is 13.8. The number of carbonyl (C=O) groups is 2. The van der Waals surface area contributed by atoms with Gasteiger partial charge >= 0.3 is 0 Å². The highest BCUT2D eigenvalue weighted by Crippen LogP contribution is 2.54. The second kappa shape index (κ2) is 4.54. The molecule has 23 heavy (non-hydrogen) atoms. The number of hydrogen-bond acceptors (Lipinski definition) is 4. The van der Waals surface area contributed by atoms with Gasteiger partial charge in [-0.05, 0) is 18.8 Å². The Bertz CT molecular complexity index is 809. The minimum atomic E-state index is -0.642. The van der Waals surface area contributed by atoms with Crippen LogP contribution in [0.5, 0.6) is 0 Å². The average molecular weight is 312 g/mol. The molecule has 2 atom stereocenters. The van der Waals surface area contributed by atoms with Crippen molar-refractivity contribution in [3.63, 3.8) is 0 Å². The van der Waals surface area contributed by atoms with Crippen LogP contribution in [0.4, 0.5) is 0 Å². The molecule has 6 heteroatoms. The summed E-state index contributed by atoms with van der Waals surface area (Å²) in [6, 6.07) is 2.03. The first-order chi connectivity index (χ1) is 10.6. The van der Waals surface area contributed by atoms with Gasteiger partial charge < -0.3 is 5.73 Å². The molecule has 0 aromatic carbocycles. The van der Waals surface area contributed by atoms with Gasteiger partial charge in [0.25, 0.3) is 5.91 Å². The molecule has 6 nitrogen and oxygen atoms in total. The van der Waals surface area contributed by atoms with E-state index >= 15 is 0 Å². The largest absolute Gasteiger partial charge is 0.364 e. The van der Waals surface area contributed by atoms with E-state index in [9.17, 15) is 14.9 Å². The van der Waals surface area contributed by atoms with E-state index in [4.69, 9.17) is 5.73 Å². The van der Waals surface area contributed by atoms with E-state index in [-0.39, 0.29) is 17.3 Å². The summed E-state index contributed by atoms with van der Waals surface area (Å²) in [6.45, 7) is 5.79. The lowest BCUT2D eigenvalue weighted by molar-refractivity contribution is -0.128. The van der Waals surface area contributed by atoms with Gasteiger partial charge in [0.15, 0.2) is 5.78 Å². The van der Waals surface area contributed by atoms with Crippen LogP contribution >= 0.6 is 0 Å². The summed E-state index contributed by atoms with van der Waals surface area (Å²) < 4.78 is 1.52. The van der Waals surface area contributed by atoms with Crippen molar-refractivity contribution in [2.75, 3.05) is 0 Å². The van der Waals surface area contributed by atoms with Crippen molar-refractivity contribution in [2.45, 2.75) is 39.0 Å². The van der Waals surface area contributed by atoms with Crippen molar-refractivity contribution in [1.29, 1.82) is 5.26 Å². The number of amides is 1. The number of aryl methyl sites for hydroxylation is 1. The number of Topliss-reactive ketones (excluding diaryl/α,β-unsaturated/α-hetero) is 1. The van der Waals surface area contributed by atoms with E-state index in [0.29, 0.717) is 12.1 Å². The maximum atomic E-state index is 12.6. The molecule has 3 rings (SSSR count). The number of aromatic nitrogens is 2. The smallest absolute Gasteiger partial charge is 0.267 e. The molecule has 0 saturated heterocycles. The summed E-state index contributed by atoms with van der Waals surface area (Å²) in [5.41, 5.74) is 6.50. The molecule has 1 amide bonds. The lowest BCUT2D eigenvalue weighted by Crippen LogP contribution is -2.51. The fourth-order valence-electron chi connectivity index (χ4n) is 4.53. The van der Waals surface area contributed by atoms with Crippen LogP contribution < -0.4 is 5.73 Å². The van der Waals surface area contributed by atoms with Gasteiger partial charge in [-0.2, -0.15) is 10.4 Å². The number of carbonyl (C=O) groups excluding carboxylic acids is 2. The van der Waals surface area contributed by atoms with Gasteiger partial charge in [-0.25, -0.2) is 0 Å². The van der Waals surface area contributed by atoms with E-state index in [0.717, 1.165) is 17.7 Å². The molecule has 0 spiro atoms. The standard InChI is InChI=1S/C17H20N4O2/c1-16(2)11-6-5-10-12(15(19)23)21(4)20-13(10)17(11,3)7-9(8-18)14(16)22/h7,11H,5-6H2,1-4H3,(H2,19,23)/t11-,17-/m0/s1. The lowest BCUT2D eigenvalue weighted by atomic mass is 9.52. The number of nitriles is 1. The third-order valence-electron chi connectivity index (χ3n) is 5.56. The van der Waals surface area contributed by atoms with Gasteiger partial charge in [0.2, 0.25) is 0 Å². The number of hydrogen-bond donors (Lipinski definition) is 1. The van der Waals surface area contributed by atoms with E-state index in [1.54, 1.807) is 13.1 Å². The van der Waals surface area contributed by atoms with Gasteiger partial charge in [0, 0.05) is 23.4 Å². The van der Waals surface area contributed by atoms with Crippen LogP contribution in [0.1, 0.15) is 48.9 Å². The second-order valence-corrected chi connectivity index (χ2v) is 7.26. The molecule has 0 bridgehead atoms. The number of ketones is 1. The summed E-state index contributed by atoms with van der Waals surface area (Å²) in [4.78, 5) is 24.3. The van der Waals surface area contributed by atoms with Crippen molar-refractivity contribution in [2.24, 2.45) is 24.1 Å². The molecule has 2 aliphatic carbocycles. The second-order valence-electron chi connectivity index (χ2n) is 7.26. The van der Waals surface area contributed by atoms with Crippen molar-refractivity contribution in [1.82, 2.24) is 9.78 Å². The molecule has 0 unspecified atom stereocenters. The Hall–Kier alpha value is -2.42. The zero-order valence-electron chi connectivity index (χ0n) is 13.8. The Morgan fingerprint density at radius 1 is 1.48 bits per heavy atom. The highest BCUT2D eigenvalue weighted by atomic mass is 16.1. The Morgan fingerprint density at radius 2 is 2.13 bits per heavy atom.